The molecule has 0 spiro atoms. The fraction of sp³-hybridized carbons (Fsp3) is 0.933. The van der Waals surface area contributed by atoms with Gasteiger partial charge in [0, 0.05) is 25.8 Å². The quantitative estimate of drug-likeness (QED) is 0.328. The highest BCUT2D eigenvalue weighted by atomic mass is 28.4. The van der Waals surface area contributed by atoms with E-state index in [1.54, 1.807) is 0 Å². The Hall–Kier alpha value is -0.233. The second-order valence-corrected chi connectivity index (χ2v) is 8.39. The Bertz CT molecular complexity index is 258. The van der Waals surface area contributed by atoms with Crippen LogP contribution in [-0.2, 0) is 13.3 Å². The van der Waals surface area contributed by atoms with Crippen molar-refractivity contribution in [3.05, 3.63) is 0 Å². The van der Waals surface area contributed by atoms with Crippen LogP contribution in [0, 0.1) is 0 Å². The summed E-state index contributed by atoms with van der Waals surface area (Å²) < 4.78 is 18.0. The third-order valence-corrected chi connectivity index (χ3v) is 5.85. The fourth-order valence-corrected chi connectivity index (χ4v) is 4.90. The first-order valence-corrected chi connectivity index (χ1v) is 9.78. The zero-order valence-corrected chi connectivity index (χ0v) is 15.2. The summed E-state index contributed by atoms with van der Waals surface area (Å²) in [7, 11) is -2.57. The molecule has 4 nitrogen and oxygen atoms in total. The minimum Gasteiger partial charge on any atom is -0.374 e. The standard InChI is InChI=1S/C15H33NO3Si/c1-7-10-12-16-13-11-14-20(17-8-2,18-9-3)19-15(4,5)6/h12H,7-11,13-14H2,1-6H3. The number of unbranched alkanes of at least 4 members (excludes halogenated alkanes) is 1. The van der Waals surface area contributed by atoms with Crippen LogP contribution >= 0.6 is 0 Å². The first-order chi connectivity index (χ1) is 9.39. The van der Waals surface area contributed by atoms with Crippen molar-refractivity contribution in [2.24, 2.45) is 4.99 Å². The molecule has 0 aliphatic carbocycles. The van der Waals surface area contributed by atoms with Gasteiger partial charge in [-0.2, -0.15) is 0 Å². The van der Waals surface area contributed by atoms with E-state index in [1.165, 1.54) is 0 Å². The van der Waals surface area contributed by atoms with Gasteiger partial charge in [-0.15, -0.1) is 0 Å². The van der Waals surface area contributed by atoms with E-state index in [0.29, 0.717) is 13.2 Å². The van der Waals surface area contributed by atoms with Crippen LogP contribution in [0.3, 0.4) is 0 Å². The van der Waals surface area contributed by atoms with E-state index < -0.39 is 8.80 Å². The second-order valence-electron chi connectivity index (χ2n) is 5.74. The van der Waals surface area contributed by atoms with Gasteiger partial charge < -0.3 is 13.3 Å². The Morgan fingerprint density at radius 1 is 1.05 bits per heavy atom. The maximum Gasteiger partial charge on any atom is 0.501 e. The highest BCUT2D eigenvalue weighted by molar-refractivity contribution is 6.60. The van der Waals surface area contributed by atoms with Crippen LogP contribution in [0.5, 0.6) is 0 Å². The van der Waals surface area contributed by atoms with Gasteiger partial charge in [0.15, 0.2) is 0 Å². The lowest BCUT2D eigenvalue weighted by atomic mass is 10.2. The molecule has 0 N–H and O–H groups in total. The smallest absolute Gasteiger partial charge is 0.374 e. The van der Waals surface area contributed by atoms with Gasteiger partial charge in [-0.1, -0.05) is 13.3 Å². The third-order valence-electron chi connectivity index (χ3n) is 2.51. The molecule has 0 saturated heterocycles. The molecule has 0 amide bonds. The zero-order chi connectivity index (χ0) is 15.5. The fourth-order valence-electron chi connectivity index (χ4n) is 1.90. The first-order valence-electron chi connectivity index (χ1n) is 7.85. The molecule has 5 heteroatoms. The number of aliphatic imine (C=N–C) groups is 1. The van der Waals surface area contributed by atoms with E-state index in [9.17, 15) is 0 Å². The van der Waals surface area contributed by atoms with Gasteiger partial charge in [0.25, 0.3) is 0 Å². The molecule has 0 aromatic carbocycles. The summed E-state index contributed by atoms with van der Waals surface area (Å²) in [5, 5.41) is 0. The van der Waals surface area contributed by atoms with Crippen molar-refractivity contribution in [2.45, 2.75) is 72.5 Å². The highest BCUT2D eigenvalue weighted by Crippen LogP contribution is 2.24. The predicted octanol–water partition coefficient (Wildman–Crippen LogP) is 4.07. The van der Waals surface area contributed by atoms with E-state index in [-0.39, 0.29) is 5.60 Å². The van der Waals surface area contributed by atoms with Gasteiger partial charge in [0.1, 0.15) is 0 Å². The van der Waals surface area contributed by atoms with Crippen molar-refractivity contribution >= 4 is 15.0 Å². The van der Waals surface area contributed by atoms with Crippen molar-refractivity contribution in [1.82, 2.24) is 0 Å². The Labute approximate surface area is 126 Å². The molecule has 0 heterocycles. The molecule has 0 aromatic rings. The van der Waals surface area contributed by atoms with Crippen LogP contribution in [0.1, 0.15) is 60.8 Å². The summed E-state index contributed by atoms with van der Waals surface area (Å²) in [5.41, 5.74) is -0.248. The first kappa shape index (κ1) is 19.8. The monoisotopic (exact) mass is 303 g/mol. The molecule has 0 unspecified atom stereocenters. The number of hydrogen-bond donors (Lipinski definition) is 0. The van der Waals surface area contributed by atoms with Gasteiger partial charge in [-0.25, -0.2) is 0 Å². The average Bonchev–Trinajstić information content (AvgIpc) is 2.32. The Balaban J connectivity index is 4.49. The van der Waals surface area contributed by atoms with Gasteiger partial charge >= 0.3 is 8.80 Å². The zero-order valence-electron chi connectivity index (χ0n) is 14.2. The molecule has 0 bridgehead atoms. The lowest BCUT2D eigenvalue weighted by Crippen LogP contribution is -2.50. The predicted molar refractivity (Wildman–Crippen MR) is 87.5 cm³/mol. The van der Waals surface area contributed by atoms with Crippen molar-refractivity contribution in [3.8, 4) is 0 Å². The summed E-state index contributed by atoms with van der Waals surface area (Å²) in [6, 6.07) is 0.829. The van der Waals surface area contributed by atoms with Crippen molar-refractivity contribution in [1.29, 1.82) is 0 Å². The summed E-state index contributed by atoms with van der Waals surface area (Å²) in [6.07, 6.45) is 5.16. The molecule has 0 aliphatic heterocycles. The summed E-state index contributed by atoms with van der Waals surface area (Å²) in [4.78, 5) is 4.41. The average molecular weight is 304 g/mol. The maximum absolute atomic E-state index is 6.18. The van der Waals surface area contributed by atoms with Crippen LogP contribution < -0.4 is 0 Å². The minimum absolute atomic E-state index is 0.248. The normalized spacial score (nSPS) is 13.3. The Morgan fingerprint density at radius 2 is 1.65 bits per heavy atom. The van der Waals surface area contributed by atoms with Crippen molar-refractivity contribution in [3.63, 3.8) is 0 Å². The van der Waals surface area contributed by atoms with Crippen molar-refractivity contribution in [2.75, 3.05) is 19.8 Å². The lowest BCUT2D eigenvalue weighted by molar-refractivity contribution is -0.000675. The molecule has 0 fully saturated rings. The van der Waals surface area contributed by atoms with Crippen LogP contribution in [0.15, 0.2) is 4.99 Å². The molecule has 0 aromatic heterocycles. The van der Waals surface area contributed by atoms with E-state index in [4.69, 9.17) is 13.3 Å². The maximum atomic E-state index is 6.18. The number of hydrogen-bond acceptors (Lipinski definition) is 4. The molecule has 0 rings (SSSR count). The van der Waals surface area contributed by atoms with E-state index in [2.05, 4.69) is 11.9 Å². The van der Waals surface area contributed by atoms with Gasteiger partial charge in [-0.3, -0.25) is 4.99 Å². The Morgan fingerprint density at radius 3 is 2.10 bits per heavy atom. The van der Waals surface area contributed by atoms with Crippen molar-refractivity contribution < 1.29 is 13.3 Å². The summed E-state index contributed by atoms with van der Waals surface area (Å²) in [6.45, 7) is 14.4. The van der Waals surface area contributed by atoms with Crippen LogP contribution in [-0.4, -0.2) is 40.4 Å². The molecule has 120 valence electrons. The lowest BCUT2D eigenvalue weighted by Gasteiger charge is -2.35. The summed E-state index contributed by atoms with van der Waals surface area (Å²) in [5.74, 6) is 0. The molecule has 0 atom stereocenters. The van der Waals surface area contributed by atoms with Gasteiger partial charge in [-0.05, 0) is 53.7 Å². The van der Waals surface area contributed by atoms with Crippen LogP contribution in [0.25, 0.3) is 0 Å². The third kappa shape index (κ3) is 9.64. The molecule has 0 radical (unpaired) electrons. The van der Waals surface area contributed by atoms with E-state index >= 15 is 0 Å². The highest BCUT2D eigenvalue weighted by Gasteiger charge is 2.43. The summed E-state index contributed by atoms with van der Waals surface area (Å²) >= 11 is 0. The minimum atomic E-state index is -2.57. The molecule has 0 saturated carbocycles. The SMILES string of the molecule is CCCC=NCCC[Si](OCC)(OCC)OC(C)(C)C. The van der Waals surface area contributed by atoms with Gasteiger partial charge in [0.2, 0.25) is 0 Å². The molecular formula is C15H33NO3Si. The van der Waals surface area contributed by atoms with E-state index in [0.717, 1.165) is 31.9 Å². The van der Waals surface area contributed by atoms with Crippen LogP contribution in [0.4, 0.5) is 0 Å². The Kier molecular flexibility index (Phi) is 10.4. The number of rotatable bonds is 11. The topological polar surface area (TPSA) is 40.0 Å². The van der Waals surface area contributed by atoms with Gasteiger partial charge in [0.05, 0.1) is 5.60 Å². The van der Waals surface area contributed by atoms with Crippen LogP contribution in [0.2, 0.25) is 6.04 Å². The van der Waals surface area contributed by atoms with E-state index in [1.807, 2.05) is 40.8 Å². The molecule has 20 heavy (non-hydrogen) atoms. The molecule has 0 aliphatic rings. The number of nitrogens with zero attached hydrogens (tertiary/aromatic N) is 1. The largest absolute Gasteiger partial charge is 0.501 e. The second kappa shape index (κ2) is 10.5. The molecular weight excluding hydrogens is 270 g/mol.